The number of hydrogen-bond acceptors (Lipinski definition) is 5. The summed E-state index contributed by atoms with van der Waals surface area (Å²) in [7, 11) is 0. The van der Waals surface area contributed by atoms with Crippen LogP contribution in [0.2, 0.25) is 0 Å². The second-order valence-electron chi connectivity index (χ2n) is 14.0. The first-order valence-electron chi connectivity index (χ1n) is 21.1. The summed E-state index contributed by atoms with van der Waals surface area (Å²) in [6.07, 6.45) is 0. The van der Waals surface area contributed by atoms with E-state index in [1.807, 2.05) is 97.1 Å². The summed E-state index contributed by atoms with van der Waals surface area (Å²) in [6, 6.07) is 48.0. The van der Waals surface area contributed by atoms with Crippen molar-refractivity contribution in [2.45, 2.75) is 0 Å². The molecule has 0 bridgehead atoms. The van der Waals surface area contributed by atoms with Crippen molar-refractivity contribution in [3.05, 3.63) is 182 Å². The van der Waals surface area contributed by atoms with Crippen LogP contribution in [0, 0.1) is 0 Å². The topological polar surface area (TPSA) is 69.9 Å². The molecule has 0 N–H and O–H groups in total. The molecule has 0 atom stereocenters. The van der Waals surface area contributed by atoms with Gasteiger partial charge in [-0.3, -0.25) is 0 Å². The smallest absolute Gasteiger partial charge is 0.167 e. The molecule has 0 fully saturated rings. The Balaban J connectivity index is 1.17. The SMILES string of the molecule is [2H]c1c([2H])c([2H])c(-c2ccc3oc4c(-c5nc(-c6ccccc6)nc(-c6ccc7oc8ccccc8c7c6)n5)cc(-n5c6ccccc6c6ccccc65)cc4c3c2)c([2H])c1[2H]. The van der Waals surface area contributed by atoms with Crippen LogP contribution in [0.25, 0.3) is 117 Å². The van der Waals surface area contributed by atoms with Crippen molar-refractivity contribution in [3.8, 4) is 51.0 Å². The fourth-order valence-corrected chi connectivity index (χ4v) is 8.12. The summed E-state index contributed by atoms with van der Waals surface area (Å²) >= 11 is 0. The third-order valence-electron chi connectivity index (χ3n) is 10.7. The first-order valence-corrected chi connectivity index (χ1v) is 18.6. The van der Waals surface area contributed by atoms with Crippen molar-refractivity contribution >= 4 is 65.7 Å². The van der Waals surface area contributed by atoms with Crippen molar-refractivity contribution in [2.75, 3.05) is 0 Å². The lowest BCUT2D eigenvalue weighted by Gasteiger charge is -2.12. The number of rotatable bonds is 5. The first kappa shape index (κ1) is 26.9. The van der Waals surface area contributed by atoms with E-state index >= 15 is 0 Å². The minimum absolute atomic E-state index is 0.114. The van der Waals surface area contributed by atoms with E-state index in [0.29, 0.717) is 45.2 Å². The number of para-hydroxylation sites is 3. The van der Waals surface area contributed by atoms with Gasteiger partial charge in [-0.2, -0.15) is 0 Å². The second kappa shape index (κ2) is 12.3. The summed E-state index contributed by atoms with van der Waals surface area (Å²) in [4.78, 5) is 15.5. The Bertz CT molecular complexity index is 3750. The number of benzene rings is 8. The largest absolute Gasteiger partial charge is 0.456 e. The zero-order valence-corrected chi connectivity index (χ0v) is 30.0. The molecule has 4 heterocycles. The quantitative estimate of drug-likeness (QED) is 0.176. The average Bonchev–Trinajstić information content (AvgIpc) is 3.99. The Kier molecular flexibility index (Phi) is 5.82. The minimum atomic E-state index is -0.441. The summed E-state index contributed by atoms with van der Waals surface area (Å²) < 4.78 is 57.7. The molecule has 6 heteroatoms. The summed E-state index contributed by atoms with van der Waals surface area (Å²) in [6.45, 7) is 0. The van der Waals surface area contributed by atoms with Gasteiger partial charge in [-0.05, 0) is 71.8 Å². The fraction of sp³-hybridized carbons (Fsp3) is 0. The van der Waals surface area contributed by atoms with E-state index in [-0.39, 0.29) is 17.6 Å². The molecule has 57 heavy (non-hydrogen) atoms. The monoisotopic (exact) mass is 735 g/mol. The normalized spacial score (nSPS) is 13.1. The zero-order valence-electron chi connectivity index (χ0n) is 35.0. The Labute approximate surface area is 332 Å². The van der Waals surface area contributed by atoms with E-state index < -0.39 is 18.1 Å². The molecule has 0 spiro atoms. The molecule has 0 amide bonds. The number of aromatic nitrogens is 4. The molecule has 0 saturated carbocycles. The Morgan fingerprint density at radius 1 is 0.404 bits per heavy atom. The van der Waals surface area contributed by atoms with Crippen LogP contribution in [0.15, 0.2) is 191 Å². The van der Waals surface area contributed by atoms with Crippen LogP contribution in [-0.2, 0) is 0 Å². The van der Waals surface area contributed by atoms with Gasteiger partial charge in [-0.15, -0.1) is 0 Å². The lowest BCUT2D eigenvalue weighted by Crippen LogP contribution is -2.01. The summed E-state index contributed by atoms with van der Waals surface area (Å²) in [5.41, 5.74) is 8.28. The zero-order chi connectivity index (χ0) is 41.8. The summed E-state index contributed by atoms with van der Waals surface area (Å²) in [5.74, 6) is 1.34. The Morgan fingerprint density at radius 3 is 1.75 bits per heavy atom. The van der Waals surface area contributed by atoms with Crippen molar-refractivity contribution in [3.63, 3.8) is 0 Å². The fourth-order valence-electron chi connectivity index (χ4n) is 8.12. The maximum atomic E-state index is 8.77. The van der Waals surface area contributed by atoms with E-state index in [4.69, 9.17) is 30.6 Å². The van der Waals surface area contributed by atoms with Gasteiger partial charge in [-0.1, -0.05) is 121 Å². The summed E-state index contributed by atoms with van der Waals surface area (Å²) in [5, 5.41) is 5.57. The molecule has 0 aliphatic heterocycles. The van der Waals surface area contributed by atoms with Crippen LogP contribution in [0.4, 0.5) is 0 Å². The minimum Gasteiger partial charge on any atom is -0.456 e. The number of nitrogens with zero attached hydrogens (tertiary/aromatic N) is 4. The molecule has 0 unspecified atom stereocenters. The highest BCUT2D eigenvalue weighted by molar-refractivity contribution is 6.13. The molecule has 0 aliphatic carbocycles. The Morgan fingerprint density at radius 2 is 0.982 bits per heavy atom. The number of furan rings is 2. The van der Waals surface area contributed by atoms with E-state index in [0.717, 1.165) is 65.9 Å². The van der Waals surface area contributed by atoms with Gasteiger partial charge in [0.2, 0.25) is 0 Å². The molecule has 266 valence electrons. The second-order valence-corrected chi connectivity index (χ2v) is 14.0. The van der Waals surface area contributed by atoms with Gasteiger partial charge in [0.25, 0.3) is 0 Å². The molecule has 6 nitrogen and oxygen atoms in total. The van der Waals surface area contributed by atoms with Crippen LogP contribution >= 0.6 is 0 Å². The van der Waals surface area contributed by atoms with Crippen LogP contribution in [0.1, 0.15) is 6.85 Å². The number of hydrogen-bond donors (Lipinski definition) is 0. The van der Waals surface area contributed by atoms with Gasteiger partial charge in [-0.25, -0.2) is 15.0 Å². The van der Waals surface area contributed by atoms with E-state index in [9.17, 15) is 0 Å². The molecule has 8 aromatic carbocycles. The van der Waals surface area contributed by atoms with Gasteiger partial charge >= 0.3 is 0 Å². The molecule has 0 radical (unpaired) electrons. The molecule has 0 saturated heterocycles. The third kappa shape index (κ3) is 5.01. The standard InChI is InChI=1S/C51H30N4O2/c1-3-13-31(14-4-1)33-23-25-47-40(27-33)41-29-35(55-43-20-10-7-17-36(43)37-18-8-11-21-44(37)55)30-42(48(41)57-47)51-53-49(32-15-5-2-6-16-32)52-50(54-51)34-24-26-46-39(28-34)38-19-9-12-22-45(38)56-46/h1-30H/i1D,3D,4D,13D,14D. The maximum absolute atomic E-state index is 8.77. The molecule has 12 rings (SSSR count). The van der Waals surface area contributed by atoms with Gasteiger partial charge < -0.3 is 13.4 Å². The van der Waals surface area contributed by atoms with E-state index in [2.05, 4.69) is 47.0 Å². The van der Waals surface area contributed by atoms with Crippen molar-refractivity contribution < 1.29 is 15.7 Å². The third-order valence-corrected chi connectivity index (χ3v) is 10.7. The van der Waals surface area contributed by atoms with Crippen molar-refractivity contribution in [1.29, 1.82) is 0 Å². The molecule has 0 aliphatic rings. The van der Waals surface area contributed by atoms with Gasteiger partial charge in [0, 0.05) is 49.1 Å². The average molecular weight is 736 g/mol. The van der Waals surface area contributed by atoms with Gasteiger partial charge in [0.1, 0.15) is 22.3 Å². The van der Waals surface area contributed by atoms with Crippen LogP contribution in [-0.4, -0.2) is 19.5 Å². The molecular weight excluding hydrogens is 701 g/mol. The van der Waals surface area contributed by atoms with Gasteiger partial charge in [0.15, 0.2) is 17.5 Å². The van der Waals surface area contributed by atoms with Gasteiger partial charge in [0.05, 0.1) is 23.5 Å². The molecular formula is C51H30N4O2. The van der Waals surface area contributed by atoms with Crippen LogP contribution in [0.3, 0.4) is 0 Å². The predicted octanol–water partition coefficient (Wildman–Crippen LogP) is 13.4. The van der Waals surface area contributed by atoms with Crippen molar-refractivity contribution in [2.24, 2.45) is 0 Å². The van der Waals surface area contributed by atoms with Crippen LogP contribution < -0.4 is 0 Å². The lowest BCUT2D eigenvalue weighted by molar-refractivity contribution is 0.669. The number of fused-ring (bicyclic) bond motifs is 9. The van der Waals surface area contributed by atoms with E-state index in [1.165, 1.54) is 0 Å². The maximum Gasteiger partial charge on any atom is 0.167 e. The predicted molar refractivity (Wildman–Crippen MR) is 230 cm³/mol. The van der Waals surface area contributed by atoms with Crippen LogP contribution in [0.5, 0.6) is 0 Å². The highest BCUT2D eigenvalue weighted by Crippen LogP contribution is 2.42. The highest BCUT2D eigenvalue weighted by Gasteiger charge is 2.22. The molecule has 4 aromatic heterocycles. The van der Waals surface area contributed by atoms with E-state index in [1.54, 1.807) is 12.1 Å². The lowest BCUT2D eigenvalue weighted by atomic mass is 10.0. The van der Waals surface area contributed by atoms with Crippen molar-refractivity contribution in [1.82, 2.24) is 19.5 Å². The first-order chi connectivity index (χ1) is 30.3. The highest BCUT2D eigenvalue weighted by atomic mass is 16.3. The Hall–Kier alpha value is -7.83. The molecule has 12 aromatic rings.